The number of halogens is 1. The van der Waals surface area contributed by atoms with Crippen molar-refractivity contribution in [1.82, 2.24) is 19.8 Å². The highest BCUT2D eigenvalue weighted by Gasteiger charge is 2.16. The van der Waals surface area contributed by atoms with E-state index in [4.69, 9.17) is 4.74 Å². The quantitative estimate of drug-likeness (QED) is 0.475. The molecule has 8 nitrogen and oxygen atoms in total. The molecular formula is C27H33FN6O2. The zero-order chi connectivity index (χ0) is 25.7. The molecular weight excluding hydrogens is 459 g/mol. The van der Waals surface area contributed by atoms with Crippen molar-refractivity contribution in [2.24, 2.45) is 0 Å². The van der Waals surface area contributed by atoms with E-state index in [0.29, 0.717) is 18.9 Å². The Morgan fingerprint density at radius 1 is 1.03 bits per heavy atom. The van der Waals surface area contributed by atoms with Crippen LogP contribution in [0.1, 0.15) is 6.92 Å². The average molecular weight is 493 g/mol. The molecule has 1 saturated heterocycles. The first kappa shape index (κ1) is 25.4. The summed E-state index contributed by atoms with van der Waals surface area (Å²) >= 11 is 0. The van der Waals surface area contributed by atoms with Crippen molar-refractivity contribution < 1.29 is 13.9 Å². The van der Waals surface area contributed by atoms with Gasteiger partial charge in [-0.05, 0) is 42.4 Å². The second-order valence-electron chi connectivity index (χ2n) is 9.17. The Balaban J connectivity index is 1.44. The van der Waals surface area contributed by atoms with E-state index in [1.165, 1.54) is 19.2 Å². The van der Waals surface area contributed by atoms with Gasteiger partial charge in [0.05, 0.1) is 12.4 Å². The number of hydrogen-bond donors (Lipinski definition) is 0. The maximum Gasteiger partial charge on any atom is 0.239 e. The molecule has 0 saturated carbocycles. The van der Waals surface area contributed by atoms with E-state index in [2.05, 4.69) is 38.9 Å². The van der Waals surface area contributed by atoms with Gasteiger partial charge in [0, 0.05) is 66.0 Å². The zero-order valence-electron chi connectivity index (χ0n) is 21.3. The van der Waals surface area contributed by atoms with Crippen LogP contribution >= 0.6 is 0 Å². The summed E-state index contributed by atoms with van der Waals surface area (Å²) in [7, 11) is 5.74. The monoisotopic (exact) mass is 492 g/mol. The third-order valence-corrected chi connectivity index (χ3v) is 6.49. The van der Waals surface area contributed by atoms with Gasteiger partial charge in [0.25, 0.3) is 0 Å². The lowest BCUT2D eigenvalue weighted by Crippen LogP contribution is -2.44. The van der Waals surface area contributed by atoms with Gasteiger partial charge in [0.15, 0.2) is 17.4 Å². The molecule has 0 spiro atoms. The smallest absolute Gasteiger partial charge is 0.239 e. The van der Waals surface area contributed by atoms with Crippen molar-refractivity contribution in [3.63, 3.8) is 0 Å². The normalized spacial score (nSPS) is 14.0. The van der Waals surface area contributed by atoms with Gasteiger partial charge in [0.1, 0.15) is 0 Å². The van der Waals surface area contributed by atoms with E-state index in [0.717, 1.165) is 43.0 Å². The van der Waals surface area contributed by atoms with Crippen molar-refractivity contribution in [2.45, 2.75) is 6.92 Å². The number of anilines is 2. The molecule has 190 valence electrons. The summed E-state index contributed by atoms with van der Waals surface area (Å²) in [5, 5.41) is 0. The van der Waals surface area contributed by atoms with E-state index in [1.807, 2.05) is 30.1 Å². The van der Waals surface area contributed by atoms with Crippen molar-refractivity contribution in [1.29, 1.82) is 0 Å². The molecule has 0 unspecified atom stereocenters. The summed E-state index contributed by atoms with van der Waals surface area (Å²) in [5.41, 5.74) is 2.88. The van der Waals surface area contributed by atoms with Crippen molar-refractivity contribution in [2.75, 3.05) is 70.2 Å². The lowest BCUT2D eigenvalue weighted by molar-refractivity contribution is -0.127. The molecule has 1 amide bonds. The predicted molar refractivity (Wildman–Crippen MR) is 140 cm³/mol. The van der Waals surface area contributed by atoms with Crippen molar-refractivity contribution in [3.8, 4) is 22.8 Å². The molecule has 0 aliphatic carbocycles. The summed E-state index contributed by atoms with van der Waals surface area (Å²) in [6, 6.07) is 13.2. The molecule has 1 aliphatic rings. The maximum atomic E-state index is 15.0. The second kappa shape index (κ2) is 11.3. The van der Waals surface area contributed by atoms with E-state index in [9.17, 15) is 4.79 Å². The molecule has 1 aliphatic heterocycles. The minimum absolute atomic E-state index is 0.00320. The van der Waals surface area contributed by atoms with Crippen LogP contribution in [0.15, 0.2) is 54.9 Å². The predicted octanol–water partition coefficient (Wildman–Crippen LogP) is 3.74. The van der Waals surface area contributed by atoms with Gasteiger partial charge in [-0.2, -0.15) is 4.98 Å². The summed E-state index contributed by atoms with van der Waals surface area (Å²) < 4.78 is 20.8. The number of aromatic nitrogens is 2. The Bertz CT molecular complexity index is 1200. The second-order valence-corrected chi connectivity index (χ2v) is 9.17. The third kappa shape index (κ3) is 6.28. The molecule has 0 N–H and O–H groups in total. The minimum Gasteiger partial charge on any atom is -0.434 e. The van der Waals surface area contributed by atoms with Crippen LogP contribution in [-0.2, 0) is 4.79 Å². The van der Waals surface area contributed by atoms with Gasteiger partial charge in [-0.15, -0.1) is 0 Å². The number of amides is 1. The number of nitrogens with zero attached hydrogens (tertiary/aromatic N) is 6. The van der Waals surface area contributed by atoms with Gasteiger partial charge >= 0.3 is 0 Å². The number of carbonyl (C=O) groups is 1. The van der Waals surface area contributed by atoms with Crippen molar-refractivity contribution >= 4 is 17.4 Å². The third-order valence-electron chi connectivity index (χ3n) is 6.49. The number of carbonyl (C=O) groups excluding carboxylic acids is 1. The number of likely N-dealkylation sites (N-methyl/N-ethyl adjacent to an activating group) is 3. The lowest BCUT2D eigenvalue weighted by atomic mass is 10.0. The number of ether oxygens (including phenoxy) is 1. The molecule has 1 aromatic heterocycles. The van der Waals surface area contributed by atoms with Crippen LogP contribution in [-0.4, -0.2) is 86.1 Å². The molecule has 3 aromatic rings. The Morgan fingerprint density at radius 3 is 2.50 bits per heavy atom. The van der Waals surface area contributed by atoms with Crippen molar-refractivity contribution in [3.05, 3.63) is 60.7 Å². The fourth-order valence-electron chi connectivity index (χ4n) is 3.97. The fourth-order valence-corrected chi connectivity index (χ4v) is 3.97. The fraction of sp³-hybridized carbons (Fsp3) is 0.370. The standard InChI is InChI=1S/C27H33FN6O2/c1-20(35)32(3)12-13-33(4)26-18-29-19-27(30-26)36-25-9-8-22(17-24(25)28)21-6-5-7-23(16-21)34-14-10-31(2)11-15-34/h5-9,16-19H,10-15H2,1-4H3. The topological polar surface area (TPSA) is 65.0 Å². The molecule has 2 aromatic carbocycles. The highest BCUT2D eigenvalue weighted by molar-refractivity contribution is 5.73. The van der Waals surface area contributed by atoms with Crippen LogP contribution in [0.25, 0.3) is 11.1 Å². The Morgan fingerprint density at radius 2 is 1.78 bits per heavy atom. The van der Waals surface area contributed by atoms with Gasteiger partial charge < -0.3 is 24.3 Å². The summed E-state index contributed by atoms with van der Waals surface area (Å²) in [6.07, 6.45) is 3.05. The first-order valence-corrected chi connectivity index (χ1v) is 12.1. The molecule has 0 atom stereocenters. The average Bonchev–Trinajstić information content (AvgIpc) is 2.89. The van der Waals surface area contributed by atoms with E-state index in [1.54, 1.807) is 24.2 Å². The van der Waals surface area contributed by atoms with Crippen LogP contribution in [0.3, 0.4) is 0 Å². The summed E-state index contributed by atoms with van der Waals surface area (Å²) in [4.78, 5) is 28.2. The Hall–Kier alpha value is -3.72. The first-order valence-electron chi connectivity index (χ1n) is 12.1. The lowest BCUT2D eigenvalue weighted by Gasteiger charge is -2.34. The number of piperazine rings is 1. The Kier molecular flexibility index (Phi) is 8.00. The van der Waals surface area contributed by atoms with Gasteiger partial charge in [-0.1, -0.05) is 18.2 Å². The number of rotatable bonds is 8. The summed E-state index contributed by atoms with van der Waals surface area (Å²) in [5.74, 6) is 0.377. The van der Waals surface area contributed by atoms with E-state index in [-0.39, 0.29) is 17.5 Å². The molecule has 0 bridgehead atoms. The minimum atomic E-state index is -0.471. The SMILES string of the molecule is CC(=O)N(C)CCN(C)c1cncc(Oc2ccc(-c3cccc(N4CCN(C)CC4)c3)cc2F)n1. The van der Waals surface area contributed by atoms with E-state index >= 15 is 4.39 Å². The van der Waals surface area contributed by atoms with Crippen LogP contribution in [0, 0.1) is 5.82 Å². The molecule has 4 rings (SSSR count). The van der Waals surface area contributed by atoms with Crippen LogP contribution in [0.5, 0.6) is 11.6 Å². The molecule has 2 heterocycles. The Labute approximate surface area is 211 Å². The molecule has 9 heteroatoms. The molecule has 0 radical (unpaired) electrons. The van der Waals surface area contributed by atoms with Crippen LogP contribution in [0.2, 0.25) is 0 Å². The largest absolute Gasteiger partial charge is 0.434 e. The highest BCUT2D eigenvalue weighted by Crippen LogP contribution is 2.31. The van der Waals surface area contributed by atoms with Crippen LogP contribution < -0.4 is 14.5 Å². The molecule has 1 fully saturated rings. The maximum absolute atomic E-state index is 15.0. The number of benzene rings is 2. The first-order chi connectivity index (χ1) is 17.3. The highest BCUT2D eigenvalue weighted by atomic mass is 19.1. The number of hydrogen-bond acceptors (Lipinski definition) is 7. The summed E-state index contributed by atoms with van der Waals surface area (Å²) in [6.45, 7) is 6.65. The van der Waals surface area contributed by atoms with E-state index < -0.39 is 5.82 Å². The van der Waals surface area contributed by atoms with Gasteiger partial charge in [0.2, 0.25) is 11.8 Å². The van der Waals surface area contributed by atoms with Gasteiger partial charge in [-0.3, -0.25) is 9.78 Å². The van der Waals surface area contributed by atoms with Crippen LogP contribution in [0.4, 0.5) is 15.9 Å². The zero-order valence-corrected chi connectivity index (χ0v) is 21.3. The molecule has 36 heavy (non-hydrogen) atoms. The van der Waals surface area contributed by atoms with Gasteiger partial charge in [-0.25, -0.2) is 4.39 Å².